The third-order valence-electron chi connectivity index (χ3n) is 3.76. The van der Waals surface area contributed by atoms with Crippen molar-refractivity contribution in [2.24, 2.45) is 0 Å². The molecule has 0 saturated carbocycles. The van der Waals surface area contributed by atoms with Crippen LogP contribution in [-0.4, -0.2) is 40.6 Å². The predicted molar refractivity (Wildman–Crippen MR) is 65.8 cm³/mol. The molecule has 0 spiro atoms. The molecule has 0 aromatic carbocycles. The van der Waals surface area contributed by atoms with E-state index in [9.17, 15) is 4.79 Å². The van der Waals surface area contributed by atoms with Crippen molar-refractivity contribution in [3.8, 4) is 0 Å². The van der Waals surface area contributed by atoms with Gasteiger partial charge in [0.2, 0.25) is 5.88 Å². The zero-order valence-corrected chi connectivity index (χ0v) is 10.4. The Morgan fingerprint density at radius 3 is 2.72 bits per heavy atom. The number of carbonyl (C=O) groups is 1. The molecular weight excluding hydrogens is 232 g/mol. The molecule has 2 aliphatic heterocycles. The number of fused-ring (bicyclic) bond motifs is 1. The van der Waals surface area contributed by atoms with E-state index in [0.29, 0.717) is 19.0 Å². The van der Waals surface area contributed by atoms with E-state index in [1.807, 2.05) is 9.80 Å². The van der Waals surface area contributed by atoms with Crippen molar-refractivity contribution in [3.63, 3.8) is 0 Å². The number of anilines is 1. The van der Waals surface area contributed by atoms with Crippen molar-refractivity contribution in [2.75, 3.05) is 25.4 Å². The predicted octanol–water partition coefficient (Wildman–Crippen LogP) is 1.22. The van der Waals surface area contributed by atoms with E-state index in [1.165, 1.54) is 6.42 Å². The second kappa shape index (κ2) is 4.51. The number of amides is 2. The molecule has 0 bridgehead atoms. The molecule has 2 N–H and O–H groups in total. The van der Waals surface area contributed by atoms with Crippen LogP contribution in [0.5, 0.6) is 0 Å². The summed E-state index contributed by atoms with van der Waals surface area (Å²) in [6.45, 7) is 2.98. The largest absolute Gasteiger partial charge is 0.367 e. The number of rotatable bonds is 0. The van der Waals surface area contributed by atoms with Crippen molar-refractivity contribution >= 4 is 11.9 Å². The zero-order chi connectivity index (χ0) is 12.5. The molecule has 3 heterocycles. The highest BCUT2D eigenvalue weighted by atomic mass is 16.5. The molecule has 3 rings (SSSR count). The van der Waals surface area contributed by atoms with Crippen LogP contribution in [0.3, 0.4) is 0 Å². The topological polar surface area (TPSA) is 75.6 Å². The zero-order valence-electron chi connectivity index (χ0n) is 10.4. The lowest BCUT2D eigenvalue weighted by atomic mass is 10.1. The van der Waals surface area contributed by atoms with E-state index in [4.69, 9.17) is 10.3 Å². The summed E-state index contributed by atoms with van der Waals surface area (Å²) >= 11 is 0. The van der Waals surface area contributed by atoms with Gasteiger partial charge in [-0.2, -0.15) is 0 Å². The lowest BCUT2D eigenvalue weighted by Crippen LogP contribution is -2.47. The van der Waals surface area contributed by atoms with Crippen molar-refractivity contribution in [1.82, 2.24) is 15.0 Å². The monoisotopic (exact) mass is 250 g/mol. The van der Waals surface area contributed by atoms with Gasteiger partial charge in [0.25, 0.3) is 0 Å². The average Bonchev–Trinajstić information content (AvgIpc) is 2.80. The number of hydrogen-bond acceptors (Lipinski definition) is 4. The van der Waals surface area contributed by atoms with Gasteiger partial charge in [0.15, 0.2) is 0 Å². The van der Waals surface area contributed by atoms with Crippen molar-refractivity contribution in [1.29, 1.82) is 0 Å². The lowest BCUT2D eigenvalue weighted by molar-refractivity contribution is 0.138. The fourth-order valence-corrected chi connectivity index (χ4v) is 2.68. The van der Waals surface area contributed by atoms with Crippen molar-refractivity contribution < 1.29 is 9.32 Å². The Bertz CT molecular complexity index is 451. The van der Waals surface area contributed by atoms with Gasteiger partial charge in [-0.15, -0.1) is 0 Å². The summed E-state index contributed by atoms with van der Waals surface area (Å²) in [4.78, 5) is 16.1. The van der Waals surface area contributed by atoms with Crippen molar-refractivity contribution in [3.05, 3.63) is 11.3 Å². The van der Waals surface area contributed by atoms with E-state index < -0.39 is 0 Å². The van der Waals surface area contributed by atoms with E-state index in [0.717, 1.165) is 43.6 Å². The fourth-order valence-electron chi connectivity index (χ4n) is 2.68. The standard InChI is InChI=1S/C12H18N4O2/c13-11-9-8-16(7-4-10(9)14-18-11)12(17)15-5-2-1-3-6-15/h1-8,13H2. The average molecular weight is 250 g/mol. The second-order valence-corrected chi connectivity index (χ2v) is 4.97. The molecule has 0 atom stereocenters. The minimum absolute atomic E-state index is 0.126. The van der Waals surface area contributed by atoms with Gasteiger partial charge in [0.05, 0.1) is 17.8 Å². The molecule has 6 nitrogen and oxygen atoms in total. The molecule has 1 fully saturated rings. The number of urea groups is 1. The first-order valence-corrected chi connectivity index (χ1v) is 6.52. The van der Waals surface area contributed by atoms with E-state index >= 15 is 0 Å². The highest BCUT2D eigenvalue weighted by molar-refractivity contribution is 5.75. The smallest absolute Gasteiger partial charge is 0.320 e. The minimum atomic E-state index is 0.126. The van der Waals surface area contributed by atoms with Gasteiger partial charge in [0.1, 0.15) is 0 Å². The lowest BCUT2D eigenvalue weighted by Gasteiger charge is -2.34. The van der Waals surface area contributed by atoms with Crippen LogP contribution in [0.2, 0.25) is 0 Å². The highest BCUT2D eigenvalue weighted by Gasteiger charge is 2.29. The quantitative estimate of drug-likeness (QED) is 0.751. The Balaban J connectivity index is 1.71. The van der Waals surface area contributed by atoms with Gasteiger partial charge in [-0.25, -0.2) is 4.79 Å². The maximum absolute atomic E-state index is 12.4. The van der Waals surface area contributed by atoms with Crippen LogP contribution < -0.4 is 5.73 Å². The molecule has 2 amide bonds. The Labute approximate surface area is 106 Å². The Morgan fingerprint density at radius 1 is 1.17 bits per heavy atom. The summed E-state index contributed by atoms with van der Waals surface area (Å²) in [6, 6.07) is 0.126. The van der Waals surface area contributed by atoms with Gasteiger partial charge < -0.3 is 20.1 Å². The molecule has 6 heteroatoms. The van der Waals surface area contributed by atoms with Gasteiger partial charge >= 0.3 is 6.03 Å². The van der Waals surface area contributed by atoms with Crippen LogP contribution in [0.1, 0.15) is 30.5 Å². The van der Waals surface area contributed by atoms with E-state index in [-0.39, 0.29) is 6.03 Å². The van der Waals surface area contributed by atoms with Crippen LogP contribution in [0, 0.1) is 0 Å². The molecule has 0 aliphatic carbocycles. The molecule has 98 valence electrons. The number of nitrogen functional groups attached to an aromatic ring is 1. The summed E-state index contributed by atoms with van der Waals surface area (Å²) in [7, 11) is 0. The molecule has 0 radical (unpaired) electrons. The molecular formula is C12H18N4O2. The number of aromatic nitrogens is 1. The second-order valence-electron chi connectivity index (χ2n) is 4.97. The van der Waals surface area contributed by atoms with Crippen LogP contribution in [0.15, 0.2) is 4.52 Å². The summed E-state index contributed by atoms with van der Waals surface area (Å²) in [5, 5.41) is 3.91. The van der Waals surface area contributed by atoms with Crippen LogP contribution in [-0.2, 0) is 13.0 Å². The first kappa shape index (κ1) is 11.4. The SMILES string of the molecule is Nc1onc2c1CN(C(=O)N1CCCCC1)CC2. The molecule has 1 aromatic heterocycles. The van der Waals surface area contributed by atoms with Gasteiger partial charge in [-0.05, 0) is 19.3 Å². The van der Waals surface area contributed by atoms with Gasteiger partial charge in [-0.3, -0.25) is 0 Å². The Hall–Kier alpha value is -1.72. The number of carbonyl (C=O) groups excluding carboxylic acids is 1. The fraction of sp³-hybridized carbons (Fsp3) is 0.667. The minimum Gasteiger partial charge on any atom is -0.367 e. The molecule has 1 aromatic rings. The molecule has 1 saturated heterocycles. The number of likely N-dealkylation sites (tertiary alicyclic amines) is 1. The van der Waals surface area contributed by atoms with Crippen molar-refractivity contribution in [2.45, 2.75) is 32.2 Å². The Kier molecular flexibility index (Phi) is 2.85. The number of piperidine rings is 1. The summed E-state index contributed by atoms with van der Waals surface area (Å²) < 4.78 is 4.97. The van der Waals surface area contributed by atoms with E-state index in [2.05, 4.69) is 5.16 Å². The third kappa shape index (κ3) is 1.91. The number of nitrogens with zero attached hydrogens (tertiary/aromatic N) is 3. The third-order valence-corrected chi connectivity index (χ3v) is 3.76. The molecule has 0 unspecified atom stereocenters. The summed E-state index contributed by atoms with van der Waals surface area (Å²) in [6.07, 6.45) is 4.18. The summed E-state index contributed by atoms with van der Waals surface area (Å²) in [5.41, 5.74) is 7.50. The maximum Gasteiger partial charge on any atom is 0.320 e. The number of nitrogens with two attached hydrogens (primary N) is 1. The molecule has 2 aliphatic rings. The Morgan fingerprint density at radius 2 is 1.94 bits per heavy atom. The van der Waals surface area contributed by atoms with Gasteiger partial charge in [0, 0.05) is 26.1 Å². The van der Waals surface area contributed by atoms with Gasteiger partial charge in [-0.1, -0.05) is 5.16 Å². The van der Waals surface area contributed by atoms with Crippen LogP contribution >= 0.6 is 0 Å². The van der Waals surface area contributed by atoms with Crippen LogP contribution in [0.25, 0.3) is 0 Å². The first-order valence-electron chi connectivity index (χ1n) is 6.52. The maximum atomic E-state index is 12.4. The normalized spacial score (nSPS) is 19.8. The first-order chi connectivity index (χ1) is 8.75. The molecule has 18 heavy (non-hydrogen) atoms. The highest BCUT2D eigenvalue weighted by Crippen LogP contribution is 2.24. The summed E-state index contributed by atoms with van der Waals surface area (Å²) in [5.74, 6) is 0.348. The van der Waals surface area contributed by atoms with Crippen LogP contribution in [0.4, 0.5) is 10.7 Å². The number of hydrogen-bond donors (Lipinski definition) is 1. The van der Waals surface area contributed by atoms with E-state index in [1.54, 1.807) is 0 Å².